The molecule has 1 aliphatic carbocycles. The third-order valence-corrected chi connectivity index (χ3v) is 3.92. The first-order valence-corrected chi connectivity index (χ1v) is 6.95. The molecule has 1 saturated carbocycles. The fraction of sp³-hybridized carbons (Fsp3) is 0.417. The Morgan fingerprint density at radius 2 is 2.47 bits per heavy atom. The lowest BCUT2D eigenvalue weighted by molar-refractivity contribution is 0.0598. The van der Waals surface area contributed by atoms with E-state index in [-0.39, 0.29) is 5.97 Å². The number of methoxy groups -OCH3 is 1. The number of aromatic nitrogens is 3. The molecule has 19 heavy (non-hydrogen) atoms. The van der Waals surface area contributed by atoms with Gasteiger partial charge in [-0.15, -0.1) is 10.2 Å². The van der Waals surface area contributed by atoms with Gasteiger partial charge in [0, 0.05) is 6.04 Å². The van der Waals surface area contributed by atoms with E-state index in [1.165, 1.54) is 38.0 Å². The smallest absolute Gasteiger partial charge is 0.341 e. The van der Waals surface area contributed by atoms with Gasteiger partial charge in [0.25, 0.3) is 0 Å². The second-order valence-corrected chi connectivity index (χ2v) is 5.23. The van der Waals surface area contributed by atoms with Crippen LogP contribution in [-0.4, -0.2) is 27.8 Å². The van der Waals surface area contributed by atoms with Crippen LogP contribution in [-0.2, 0) is 10.5 Å². The third kappa shape index (κ3) is 2.51. The first-order chi connectivity index (χ1) is 9.29. The summed E-state index contributed by atoms with van der Waals surface area (Å²) in [5.41, 5.74) is 0.465. The molecule has 0 spiro atoms. The van der Waals surface area contributed by atoms with Crippen LogP contribution in [0.4, 0.5) is 0 Å². The minimum Gasteiger partial charge on any atom is -0.468 e. The molecule has 0 N–H and O–H groups in total. The van der Waals surface area contributed by atoms with Crippen molar-refractivity contribution in [3.8, 4) is 0 Å². The van der Waals surface area contributed by atoms with Gasteiger partial charge in [-0.05, 0) is 18.9 Å². The molecule has 0 radical (unpaired) electrons. The van der Waals surface area contributed by atoms with Crippen LogP contribution in [0.25, 0.3) is 0 Å². The highest BCUT2D eigenvalue weighted by Gasteiger charge is 2.26. The zero-order valence-corrected chi connectivity index (χ0v) is 11.2. The molecule has 0 atom stereocenters. The van der Waals surface area contributed by atoms with Gasteiger partial charge < -0.3 is 13.7 Å². The van der Waals surface area contributed by atoms with Gasteiger partial charge in [-0.2, -0.15) is 0 Å². The molecule has 2 aromatic heterocycles. The standard InChI is InChI=1S/C12H13N3O3S/c1-17-11(16)9-4-5-18-10(9)6-19-12-14-13-7-15(12)8-2-3-8/h4-5,7-8H,2-3,6H2,1H3. The average Bonchev–Trinajstić information content (AvgIpc) is 2.99. The summed E-state index contributed by atoms with van der Waals surface area (Å²) >= 11 is 1.51. The Labute approximate surface area is 114 Å². The summed E-state index contributed by atoms with van der Waals surface area (Å²) < 4.78 is 12.1. The monoisotopic (exact) mass is 279 g/mol. The molecule has 0 saturated heterocycles. The lowest BCUT2D eigenvalue weighted by Gasteiger charge is -2.03. The normalized spacial score (nSPS) is 14.6. The molecule has 2 aromatic rings. The highest BCUT2D eigenvalue weighted by molar-refractivity contribution is 7.98. The number of hydrogen-bond acceptors (Lipinski definition) is 6. The number of esters is 1. The van der Waals surface area contributed by atoms with Crippen molar-refractivity contribution in [3.05, 3.63) is 30.0 Å². The molecule has 0 aliphatic heterocycles. The van der Waals surface area contributed by atoms with E-state index in [4.69, 9.17) is 9.15 Å². The van der Waals surface area contributed by atoms with Crippen molar-refractivity contribution in [1.29, 1.82) is 0 Å². The first-order valence-electron chi connectivity index (χ1n) is 5.96. The molecule has 0 aromatic carbocycles. The molecule has 1 aliphatic rings. The van der Waals surface area contributed by atoms with Crippen molar-refractivity contribution >= 4 is 17.7 Å². The van der Waals surface area contributed by atoms with Crippen molar-refractivity contribution in [2.24, 2.45) is 0 Å². The van der Waals surface area contributed by atoms with Gasteiger partial charge in [0.2, 0.25) is 0 Å². The molecular formula is C12H13N3O3S. The number of carbonyl (C=O) groups is 1. The minimum atomic E-state index is -0.381. The largest absolute Gasteiger partial charge is 0.468 e. The van der Waals surface area contributed by atoms with Gasteiger partial charge in [0.1, 0.15) is 17.7 Å². The van der Waals surface area contributed by atoms with Gasteiger partial charge in [0.05, 0.1) is 19.1 Å². The number of carbonyl (C=O) groups excluding carboxylic acids is 1. The molecule has 0 bridgehead atoms. The third-order valence-electron chi connectivity index (χ3n) is 2.96. The number of ether oxygens (including phenoxy) is 1. The average molecular weight is 279 g/mol. The fourth-order valence-electron chi connectivity index (χ4n) is 1.81. The lowest BCUT2D eigenvalue weighted by Crippen LogP contribution is -2.02. The fourth-order valence-corrected chi connectivity index (χ4v) is 2.75. The van der Waals surface area contributed by atoms with Crippen molar-refractivity contribution < 1.29 is 13.9 Å². The Bertz CT molecular complexity index is 589. The summed E-state index contributed by atoms with van der Waals surface area (Å²) in [6.45, 7) is 0. The van der Waals surface area contributed by atoms with E-state index in [9.17, 15) is 4.79 Å². The molecule has 0 amide bonds. The number of furan rings is 1. The molecule has 1 fully saturated rings. The summed E-state index contributed by atoms with van der Waals surface area (Å²) in [5.74, 6) is 0.748. The summed E-state index contributed by atoms with van der Waals surface area (Å²) in [6.07, 6.45) is 5.61. The maximum absolute atomic E-state index is 11.5. The number of hydrogen-bond donors (Lipinski definition) is 0. The van der Waals surface area contributed by atoms with Crippen LogP contribution in [0.1, 0.15) is 35.0 Å². The van der Waals surface area contributed by atoms with E-state index in [0.29, 0.717) is 23.1 Å². The number of thioether (sulfide) groups is 1. The maximum Gasteiger partial charge on any atom is 0.341 e. The molecule has 3 rings (SSSR count). The van der Waals surface area contributed by atoms with Gasteiger partial charge in [-0.25, -0.2) is 4.79 Å². The van der Waals surface area contributed by atoms with Gasteiger partial charge in [-0.1, -0.05) is 11.8 Å². The van der Waals surface area contributed by atoms with Crippen LogP contribution < -0.4 is 0 Å². The topological polar surface area (TPSA) is 70.2 Å². The van der Waals surface area contributed by atoms with E-state index in [2.05, 4.69) is 14.8 Å². The SMILES string of the molecule is COC(=O)c1ccoc1CSc1nncn1C1CC1. The molecular weight excluding hydrogens is 266 g/mol. The molecule has 2 heterocycles. The summed E-state index contributed by atoms with van der Waals surface area (Å²) in [6, 6.07) is 2.15. The van der Waals surface area contributed by atoms with Gasteiger partial charge in [-0.3, -0.25) is 0 Å². The van der Waals surface area contributed by atoms with Crippen molar-refractivity contribution in [1.82, 2.24) is 14.8 Å². The van der Waals surface area contributed by atoms with Gasteiger partial charge >= 0.3 is 5.97 Å². The summed E-state index contributed by atoms with van der Waals surface area (Å²) in [7, 11) is 1.36. The van der Waals surface area contributed by atoms with Crippen molar-refractivity contribution in [2.75, 3.05) is 7.11 Å². The Kier molecular flexibility index (Phi) is 3.29. The summed E-state index contributed by atoms with van der Waals surface area (Å²) in [5, 5.41) is 8.87. The molecule has 0 unspecified atom stereocenters. The van der Waals surface area contributed by atoms with Crippen molar-refractivity contribution in [2.45, 2.75) is 29.8 Å². The zero-order chi connectivity index (χ0) is 13.2. The van der Waals surface area contributed by atoms with E-state index in [1.54, 1.807) is 12.4 Å². The van der Waals surface area contributed by atoms with Crippen LogP contribution >= 0.6 is 11.8 Å². The highest BCUT2D eigenvalue weighted by atomic mass is 32.2. The quantitative estimate of drug-likeness (QED) is 0.617. The molecule has 7 heteroatoms. The number of rotatable bonds is 5. The predicted octanol–water partition coefficient (Wildman–Crippen LogP) is 2.28. The predicted molar refractivity (Wildman–Crippen MR) is 67.9 cm³/mol. The Balaban J connectivity index is 1.70. The minimum absolute atomic E-state index is 0.381. The summed E-state index contributed by atoms with van der Waals surface area (Å²) in [4.78, 5) is 11.5. The molecule has 100 valence electrons. The Morgan fingerprint density at radius 3 is 3.21 bits per heavy atom. The van der Waals surface area contributed by atoms with Crippen LogP contribution in [0.3, 0.4) is 0 Å². The lowest BCUT2D eigenvalue weighted by atomic mass is 10.3. The van der Waals surface area contributed by atoms with Crippen LogP contribution in [0.2, 0.25) is 0 Å². The Hall–Kier alpha value is -1.76. The van der Waals surface area contributed by atoms with E-state index in [0.717, 1.165) is 5.16 Å². The van der Waals surface area contributed by atoms with Gasteiger partial charge in [0.15, 0.2) is 5.16 Å². The van der Waals surface area contributed by atoms with Crippen molar-refractivity contribution in [3.63, 3.8) is 0 Å². The zero-order valence-electron chi connectivity index (χ0n) is 10.4. The number of nitrogens with zero attached hydrogens (tertiary/aromatic N) is 3. The van der Waals surface area contributed by atoms with Crippen LogP contribution in [0.5, 0.6) is 0 Å². The second kappa shape index (κ2) is 5.08. The van der Waals surface area contributed by atoms with Crippen LogP contribution in [0.15, 0.2) is 28.2 Å². The highest BCUT2D eigenvalue weighted by Crippen LogP contribution is 2.37. The second-order valence-electron chi connectivity index (χ2n) is 4.29. The molecule has 6 nitrogen and oxygen atoms in total. The maximum atomic E-state index is 11.5. The Morgan fingerprint density at radius 1 is 1.63 bits per heavy atom. The van der Waals surface area contributed by atoms with E-state index >= 15 is 0 Å². The first kappa shape index (κ1) is 12.3. The van der Waals surface area contributed by atoms with E-state index < -0.39 is 0 Å². The van der Waals surface area contributed by atoms with E-state index in [1.807, 2.05) is 0 Å². The van der Waals surface area contributed by atoms with Crippen LogP contribution in [0, 0.1) is 0 Å².